The third kappa shape index (κ3) is 4.64. The van der Waals surface area contributed by atoms with Gasteiger partial charge in [-0.1, -0.05) is 29.4 Å². The first-order chi connectivity index (χ1) is 6.31. The van der Waals surface area contributed by atoms with Crippen molar-refractivity contribution in [3.05, 3.63) is 17.9 Å². The van der Waals surface area contributed by atoms with Crippen molar-refractivity contribution in [3.8, 4) is 0 Å². The van der Waals surface area contributed by atoms with Gasteiger partial charge in [0.05, 0.1) is 0 Å². The van der Waals surface area contributed by atoms with E-state index in [0.717, 1.165) is 12.0 Å². The number of hydrogen-bond acceptors (Lipinski definition) is 2. The highest BCUT2D eigenvalue weighted by atomic mass is 79.9. The Balaban J connectivity index is 4.48. The predicted octanol–water partition coefficient (Wildman–Crippen LogP) is 3.21. The summed E-state index contributed by atoms with van der Waals surface area (Å²) in [6.07, 6.45) is 0.735. The molecule has 0 N–H and O–H groups in total. The molecule has 0 aliphatic carbocycles. The van der Waals surface area contributed by atoms with Gasteiger partial charge in [-0.05, 0) is 32.8 Å². The van der Waals surface area contributed by atoms with E-state index in [2.05, 4.69) is 28.2 Å². The molecule has 0 aromatic carbocycles. The third-order valence-corrected chi connectivity index (χ3v) is 2.45. The molecule has 0 amide bonds. The first-order valence-electron chi connectivity index (χ1n) is 4.57. The summed E-state index contributed by atoms with van der Waals surface area (Å²) in [4.78, 5) is 11.1. The molecule has 0 aromatic rings. The average Bonchev–Trinajstić information content (AvgIpc) is 2.03. The number of halogens is 1. The highest BCUT2D eigenvalue weighted by molar-refractivity contribution is 9.10. The van der Waals surface area contributed by atoms with Gasteiger partial charge in [0.15, 0.2) is 0 Å². The van der Waals surface area contributed by atoms with Crippen molar-refractivity contribution in [1.29, 1.82) is 0 Å². The molecule has 0 radical (unpaired) electrons. The van der Waals surface area contributed by atoms with Crippen molar-refractivity contribution in [3.63, 3.8) is 0 Å². The molecule has 14 heavy (non-hydrogen) atoms. The Morgan fingerprint density at radius 1 is 1.57 bits per heavy atom. The maximum atomic E-state index is 11.6. The Kier molecular flexibility index (Phi) is 5.17. The smallest absolute Gasteiger partial charge is 0.325 e. The topological polar surface area (TPSA) is 26.3 Å². The molecule has 1 unspecified atom stereocenters. The van der Waals surface area contributed by atoms with Gasteiger partial charge in [0.25, 0.3) is 0 Å². The van der Waals surface area contributed by atoms with Crippen LogP contribution in [0, 0.1) is 0 Å². The standard InChI is InChI=1S/C11H17BrO2/c1-6-8(7-2)9(12)10(13)14-11(3,4)5/h9H,1,7H2,2-5H3. The SMILES string of the molecule is C=C=C(CC)C(Br)C(=O)OC(C)(C)C. The summed E-state index contributed by atoms with van der Waals surface area (Å²) >= 11 is 3.27. The highest BCUT2D eigenvalue weighted by Crippen LogP contribution is 2.19. The number of hydrogen-bond donors (Lipinski definition) is 0. The number of esters is 1. The zero-order valence-corrected chi connectivity index (χ0v) is 10.8. The molecule has 0 saturated heterocycles. The van der Waals surface area contributed by atoms with E-state index in [0.29, 0.717) is 0 Å². The minimum absolute atomic E-state index is 0.287. The Labute approximate surface area is 94.2 Å². The van der Waals surface area contributed by atoms with Crippen LogP contribution in [0.5, 0.6) is 0 Å². The van der Waals surface area contributed by atoms with E-state index in [1.54, 1.807) is 0 Å². The van der Waals surface area contributed by atoms with E-state index in [4.69, 9.17) is 4.74 Å². The average molecular weight is 261 g/mol. The van der Waals surface area contributed by atoms with E-state index >= 15 is 0 Å². The van der Waals surface area contributed by atoms with E-state index in [-0.39, 0.29) is 5.97 Å². The molecule has 0 fully saturated rings. The Bertz CT molecular complexity index is 257. The first-order valence-corrected chi connectivity index (χ1v) is 5.49. The molecule has 0 aliphatic heterocycles. The lowest BCUT2D eigenvalue weighted by molar-refractivity contribution is -0.153. The molecule has 3 heteroatoms. The lowest BCUT2D eigenvalue weighted by atomic mass is 10.1. The van der Waals surface area contributed by atoms with Gasteiger partial charge in [-0.2, -0.15) is 0 Å². The van der Waals surface area contributed by atoms with Crippen molar-refractivity contribution >= 4 is 21.9 Å². The summed E-state index contributed by atoms with van der Waals surface area (Å²) < 4.78 is 5.21. The fraction of sp³-hybridized carbons (Fsp3) is 0.636. The fourth-order valence-electron chi connectivity index (χ4n) is 0.890. The number of carbonyl (C=O) groups is 1. The van der Waals surface area contributed by atoms with Crippen molar-refractivity contribution in [2.24, 2.45) is 0 Å². The lowest BCUT2D eigenvalue weighted by Crippen LogP contribution is -2.29. The van der Waals surface area contributed by atoms with Gasteiger partial charge in [-0.15, -0.1) is 5.73 Å². The molecular weight excluding hydrogens is 244 g/mol. The quantitative estimate of drug-likeness (QED) is 0.443. The number of carbonyl (C=O) groups excluding carboxylic acids is 1. The normalized spacial score (nSPS) is 12.9. The number of alkyl halides is 1. The van der Waals surface area contributed by atoms with Gasteiger partial charge in [0.2, 0.25) is 0 Å². The molecule has 0 rings (SSSR count). The van der Waals surface area contributed by atoms with Crippen LogP contribution < -0.4 is 0 Å². The summed E-state index contributed by atoms with van der Waals surface area (Å²) in [5.41, 5.74) is 3.10. The molecule has 1 atom stereocenters. The second-order valence-corrected chi connectivity index (χ2v) is 4.87. The molecule has 2 nitrogen and oxygen atoms in total. The molecule has 0 aliphatic rings. The Morgan fingerprint density at radius 2 is 2.07 bits per heavy atom. The van der Waals surface area contributed by atoms with Crippen LogP contribution in [0.3, 0.4) is 0 Å². The predicted molar refractivity (Wildman–Crippen MR) is 61.5 cm³/mol. The van der Waals surface area contributed by atoms with Gasteiger partial charge in [0, 0.05) is 0 Å². The lowest BCUT2D eigenvalue weighted by Gasteiger charge is -2.21. The second-order valence-electron chi connectivity index (χ2n) is 3.95. The van der Waals surface area contributed by atoms with Crippen molar-refractivity contribution in [1.82, 2.24) is 0 Å². The van der Waals surface area contributed by atoms with Gasteiger partial charge in [-0.25, -0.2) is 0 Å². The molecular formula is C11H17BrO2. The molecule has 80 valence electrons. The number of ether oxygens (including phenoxy) is 1. The largest absolute Gasteiger partial charge is 0.459 e. The van der Waals surface area contributed by atoms with E-state index in [9.17, 15) is 4.79 Å². The first kappa shape index (κ1) is 13.5. The van der Waals surface area contributed by atoms with Crippen LogP contribution in [-0.4, -0.2) is 16.4 Å². The Hall–Kier alpha value is -0.530. The maximum absolute atomic E-state index is 11.6. The fourth-order valence-corrected chi connectivity index (χ4v) is 1.47. The van der Waals surface area contributed by atoms with Crippen LogP contribution in [0.4, 0.5) is 0 Å². The van der Waals surface area contributed by atoms with Crippen LogP contribution in [-0.2, 0) is 9.53 Å². The minimum Gasteiger partial charge on any atom is -0.459 e. The van der Waals surface area contributed by atoms with Crippen molar-refractivity contribution in [2.45, 2.75) is 44.5 Å². The summed E-state index contributed by atoms with van der Waals surface area (Å²) in [6.45, 7) is 11.0. The second kappa shape index (κ2) is 5.38. The maximum Gasteiger partial charge on any atom is 0.325 e. The van der Waals surface area contributed by atoms with E-state index in [1.807, 2.05) is 27.7 Å². The number of rotatable bonds is 3. The highest BCUT2D eigenvalue weighted by Gasteiger charge is 2.24. The van der Waals surface area contributed by atoms with Gasteiger partial charge < -0.3 is 4.74 Å². The summed E-state index contributed by atoms with van der Waals surface area (Å²) in [6, 6.07) is 0. The van der Waals surface area contributed by atoms with Crippen molar-refractivity contribution in [2.75, 3.05) is 0 Å². The van der Waals surface area contributed by atoms with Crippen LogP contribution in [0.15, 0.2) is 17.9 Å². The van der Waals surface area contributed by atoms with E-state index in [1.165, 1.54) is 0 Å². The van der Waals surface area contributed by atoms with Gasteiger partial charge in [0.1, 0.15) is 10.4 Å². The zero-order chi connectivity index (χ0) is 11.4. The van der Waals surface area contributed by atoms with Crippen LogP contribution in [0.1, 0.15) is 34.1 Å². The molecule has 0 saturated carbocycles. The summed E-state index contributed by atoms with van der Waals surface area (Å²) in [5, 5.41) is 0. The third-order valence-electron chi connectivity index (χ3n) is 1.53. The summed E-state index contributed by atoms with van der Waals surface area (Å²) in [5.74, 6) is -0.287. The van der Waals surface area contributed by atoms with Crippen molar-refractivity contribution < 1.29 is 9.53 Å². The summed E-state index contributed by atoms with van der Waals surface area (Å²) in [7, 11) is 0. The van der Waals surface area contributed by atoms with Crippen LogP contribution in [0.2, 0.25) is 0 Å². The molecule has 0 aromatic heterocycles. The van der Waals surface area contributed by atoms with Crippen LogP contribution >= 0.6 is 15.9 Å². The zero-order valence-electron chi connectivity index (χ0n) is 9.19. The molecule has 0 bridgehead atoms. The monoisotopic (exact) mass is 260 g/mol. The Morgan fingerprint density at radius 3 is 2.36 bits per heavy atom. The van der Waals surface area contributed by atoms with Gasteiger partial charge >= 0.3 is 5.97 Å². The van der Waals surface area contributed by atoms with Crippen LogP contribution in [0.25, 0.3) is 0 Å². The minimum atomic E-state index is -0.455. The van der Waals surface area contributed by atoms with E-state index < -0.39 is 10.4 Å². The molecule has 0 heterocycles. The van der Waals surface area contributed by atoms with Gasteiger partial charge in [-0.3, -0.25) is 4.79 Å². The molecule has 0 spiro atoms.